The lowest BCUT2D eigenvalue weighted by Gasteiger charge is -2.20. The van der Waals surface area contributed by atoms with Gasteiger partial charge in [-0.15, -0.1) is 0 Å². The molecule has 0 aliphatic heterocycles. The molecule has 10 heteroatoms. The topological polar surface area (TPSA) is 135 Å². The zero-order chi connectivity index (χ0) is 22.3. The predicted octanol–water partition coefficient (Wildman–Crippen LogP) is 3.94. The normalized spacial score (nSPS) is 10.5. The number of amides is 1. The molecule has 0 saturated heterocycles. The van der Waals surface area contributed by atoms with Crippen LogP contribution in [0, 0.1) is 10.1 Å². The summed E-state index contributed by atoms with van der Waals surface area (Å²) in [6, 6.07) is 21.6. The van der Waals surface area contributed by atoms with E-state index in [9.17, 15) is 14.9 Å². The van der Waals surface area contributed by atoms with Crippen LogP contribution in [0.3, 0.4) is 0 Å². The van der Waals surface area contributed by atoms with E-state index in [0.29, 0.717) is 0 Å². The summed E-state index contributed by atoms with van der Waals surface area (Å²) in [7, 11) is 0. The van der Waals surface area contributed by atoms with E-state index < -0.39 is 22.6 Å². The summed E-state index contributed by atoms with van der Waals surface area (Å²) >= 11 is 0. The molecule has 0 aliphatic rings. The van der Waals surface area contributed by atoms with E-state index in [1.807, 2.05) is 60.7 Å². The lowest BCUT2D eigenvalue weighted by atomic mass is 9.99. The minimum absolute atomic E-state index is 0.00236. The van der Waals surface area contributed by atoms with Crippen molar-refractivity contribution in [3.63, 3.8) is 0 Å². The second-order valence-electron chi connectivity index (χ2n) is 6.63. The van der Waals surface area contributed by atoms with Gasteiger partial charge < -0.3 is 9.73 Å². The number of nitrogens with one attached hydrogen (secondary N) is 3. The molecule has 160 valence electrons. The Bertz CT molecular complexity index is 1160. The summed E-state index contributed by atoms with van der Waals surface area (Å²) in [5.41, 5.74) is 6.20. The third kappa shape index (κ3) is 4.54. The van der Waals surface area contributed by atoms with Gasteiger partial charge in [0.15, 0.2) is 5.76 Å². The van der Waals surface area contributed by atoms with Crippen LogP contribution in [-0.2, 0) is 0 Å². The van der Waals surface area contributed by atoms with Gasteiger partial charge in [0.25, 0.3) is 0 Å². The van der Waals surface area contributed by atoms with Crippen LogP contribution >= 0.6 is 0 Å². The van der Waals surface area contributed by atoms with Crippen molar-refractivity contribution in [1.82, 2.24) is 15.4 Å². The Morgan fingerprint density at radius 2 is 1.53 bits per heavy atom. The van der Waals surface area contributed by atoms with Crippen molar-refractivity contribution in [2.24, 2.45) is 0 Å². The Morgan fingerprint density at radius 1 is 0.906 bits per heavy atom. The van der Waals surface area contributed by atoms with Crippen molar-refractivity contribution in [3.05, 3.63) is 112 Å². The predicted molar refractivity (Wildman–Crippen MR) is 117 cm³/mol. The molecule has 3 N–H and O–H groups in total. The largest absolute Gasteiger partial charge is 0.459 e. The highest BCUT2D eigenvalue weighted by atomic mass is 16.6. The van der Waals surface area contributed by atoms with Crippen LogP contribution in [0.4, 0.5) is 17.3 Å². The fraction of sp³-hybridized carbons (Fsp3) is 0.0455. The fourth-order valence-electron chi connectivity index (χ4n) is 3.12. The third-order valence-electron chi connectivity index (χ3n) is 4.59. The lowest BCUT2D eigenvalue weighted by molar-refractivity contribution is -0.383. The van der Waals surface area contributed by atoms with Crippen LogP contribution in [0.2, 0.25) is 0 Å². The fourth-order valence-corrected chi connectivity index (χ4v) is 3.12. The van der Waals surface area contributed by atoms with Gasteiger partial charge in [-0.05, 0) is 23.3 Å². The van der Waals surface area contributed by atoms with Crippen LogP contribution in [-0.4, -0.2) is 20.8 Å². The van der Waals surface area contributed by atoms with Crippen molar-refractivity contribution in [3.8, 4) is 0 Å². The molecule has 4 rings (SSSR count). The maximum absolute atomic E-state index is 12.1. The number of anilines is 2. The molecule has 10 nitrogen and oxygen atoms in total. The molecular weight excluding hydrogens is 412 g/mol. The second kappa shape index (κ2) is 9.39. The molecule has 0 fully saturated rings. The monoisotopic (exact) mass is 430 g/mol. The Hall–Kier alpha value is -4.73. The number of furan rings is 1. The van der Waals surface area contributed by atoms with E-state index in [1.54, 1.807) is 6.07 Å². The SMILES string of the molecule is O=C(NNc1ncnc(NC(c2ccccc2)c2ccccc2)c1[N+](=O)[O-])c1ccco1. The summed E-state index contributed by atoms with van der Waals surface area (Å²) < 4.78 is 5.00. The smallest absolute Gasteiger partial charge is 0.354 e. The molecule has 1 amide bonds. The van der Waals surface area contributed by atoms with Gasteiger partial charge in [-0.25, -0.2) is 9.97 Å². The average molecular weight is 430 g/mol. The van der Waals surface area contributed by atoms with Gasteiger partial charge in [0.05, 0.1) is 17.2 Å². The first-order chi connectivity index (χ1) is 15.6. The summed E-state index contributed by atoms with van der Waals surface area (Å²) in [6.07, 6.45) is 2.52. The Balaban J connectivity index is 1.65. The minimum Gasteiger partial charge on any atom is -0.459 e. The number of hydrogen-bond acceptors (Lipinski definition) is 8. The molecule has 0 atom stereocenters. The first kappa shape index (κ1) is 20.5. The second-order valence-corrected chi connectivity index (χ2v) is 6.63. The summed E-state index contributed by atoms with van der Waals surface area (Å²) in [6.45, 7) is 0. The van der Waals surface area contributed by atoms with E-state index in [4.69, 9.17) is 4.42 Å². The van der Waals surface area contributed by atoms with E-state index in [2.05, 4.69) is 26.1 Å². The van der Waals surface area contributed by atoms with Crippen LogP contribution in [0.15, 0.2) is 89.8 Å². The number of carbonyl (C=O) groups is 1. The summed E-state index contributed by atoms with van der Waals surface area (Å²) in [4.78, 5) is 31.4. The van der Waals surface area contributed by atoms with E-state index >= 15 is 0 Å². The number of nitro groups is 1. The molecule has 4 aromatic rings. The average Bonchev–Trinajstić information content (AvgIpc) is 3.37. The number of benzene rings is 2. The zero-order valence-corrected chi connectivity index (χ0v) is 16.6. The molecule has 0 unspecified atom stereocenters. The molecule has 32 heavy (non-hydrogen) atoms. The molecule has 0 bridgehead atoms. The van der Waals surface area contributed by atoms with Crippen molar-refractivity contribution in [1.29, 1.82) is 0 Å². The number of hydrazine groups is 1. The van der Waals surface area contributed by atoms with Crippen LogP contribution in [0.1, 0.15) is 27.7 Å². The zero-order valence-electron chi connectivity index (χ0n) is 16.6. The summed E-state index contributed by atoms with van der Waals surface area (Å²) in [5.74, 6) is -0.741. The quantitative estimate of drug-likeness (QED) is 0.283. The minimum atomic E-state index is -0.614. The number of aromatic nitrogens is 2. The first-order valence-corrected chi connectivity index (χ1v) is 9.59. The maximum atomic E-state index is 12.1. The van der Waals surface area contributed by atoms with E-state index in [-0.39, 0.29) is 17.4 Å². The Morgan fingerprint density at radius 3 is 2.09 bits per heavy atom. The maximum Gasteiger partial charge on any atom is 0.354 e. The van der Waals surface area contributed by atoms with Crippen molar-refractivity contribution < 1.29 is 14.1 Å². The molecule has 0 spiro atoms. The van der Waals surface area contributed by atoms with Gasteiger partial charge in [0.2, 0.25) is 11.6 Å². The molecule has 0 aliphatic carbocycles. The molecule has 2 heterocycles. The number of hydrogen-bond donors (Lipinski definition) is 3. The molecular formula is C22H18N6O4. The van der Waals surface area contributed by atoms with Gasteiger partial charge in [0, 0.05) is 0 Å². The van der Waals surface area contributed by atoms with Gasteiger partial charge in [-0.3, -0.25) is 25.8 Å². The van der Waals surface area contributed by atoms with E-state index in [0.717, 1.165) is 11.1 Å². The standard InChI is InChI=1S/C22H18N6O4/c29-22(17-12-7-13-32-17)27-26-21-19(28(30)31)20(23-14-24-21)25-18(15-8-3-1-4-9-15)16-10-5-2-6-11-16/h1-14,18H,(H,27,29)(H2,23,24,25,26). The van der Waals surface area contributed by atoms with Crippen LogP contribution in [0.25, 0.3) is 0 Å². The van der Waals surface area contributed by atoms with Crippen molar-refractivity contribution >= 4 is 23.2 Å². The highest BCUT2D eigenvalue weighted by molar-refractivity contribution is 5.92. The van der Waals surface area contributed by atoms with Gasteiger partial charge in [-0.2, -0.15) is 0 Å². The van der Waals surface area contributed by atoms with Crippen molar-refractivity contribution in [2.75, 3.05) is 10.7 Å². The lowest BCUT2D eigenvalue weighted by Crippen LogP contribution is -2.30. The molecule has 2 aromatic carbocycles. The Labute approximate surface area is 182 Å². The number of carbonyl (C=O) groups excluding carboxylic acids is 1. The van der Waals surface area contributed by atoms with Crippen LogP contribution in [0.5, 0.6) is 0 Å². The molecule has 0 radical (unpaired) electrons. The van der Waals surface area contributed by atoms with Gasteiger partial charge >= 0.3 is 11.6 Å². The Kier molecular flexibility index (Phi) is 6.03. The van der Waals surface area contributed by atoms with Gasteiger partial charge in [0.1, 0.15) is 6.33 Å². The van der Waals surface area contributed by atoms with Gasteiger partial charge in [-0.1, -0.05) is 60.7 Å². The van der Waals surface area contributed by atoms with Crippen molar-refractivity contribution in [2.45, 2.75) is 6.04 Å². The molecule has 0 saturated carbocycles. The summed E-state index contributed by atoms with van der Waals surface area (Å²) in [5, 5.41) is 15.0. The van der Waals surface area contributed by atoms with Crippen LogP contribution < -0.4 is 16.2 Å². The first-order valence-electron chi connectivity index (χ1n) is 9.59. The number of nitrogens with zero attached hydrogens (tertiary/aromatic N) is 3. The third-order valence-corrected chi connectivity index (χ3v) is 4.59. The van der Waals surface area contributed by atoms with E-state index in [1.165, 1.54) is 18.7 Å². The number of rotatable bonds is 8. The highest BCUT2D eigenvalue weighted by Gasteiger charge is 2.26. The highest BCUT2D eigenvalue weighted by Crippen LogP contribution is 2.33. The molecule has 2 aromatic heterocycles.